The smallest absolute Gasteiger partial charge is 0.171 e. The number of hydrogen-bond donors (Lipinski definition) is 2. The number of aryl methyl sites for hydroxylation is 2. The summed E-state index contributed by atoms with van der Waals surface area (Å²) >= 11 is 5.15. The molecule has 0 saturated heterocycles. The van der Waals surface area contributed by atoms with Gasteiger partial charge in [0, 0.05) is 0 Å². The molecule has 0 fully saturated rings. The van der Waals surface area contributed by atoms with Crippen LogP contribution in [-0.4, -0.2) is 5.11 Å². The Morgan fingerprint density at radius 1 is 1.09 bits per heavy atom. The third kappa shape index (κ3) is 3.80. The molecule has 2 N–H and O–H groups in total. The predicted octanol–water partition coefficient (Wildman–Crippen LogP) is 4.63. The number of hydrogen-bond acceptors (Lipinski definition) is 1. The summed E-state index contributed by atoms with van der Waals surface area (Å²) in [4.78, 5) is 0. The fraction of sp³-hybridized carbons (Fsp3) is 0.235. The summed E-state index contributed by atoms with van der Waals surface area (Å²) in [6.07, 6.45) is 0. The molecule has 0 spiro atoms. The predicted molar refractivity (Wildman–Crippen MR) is 90.0 cm³/mol. The first-order chi connectivity index (χ1) is 10.4. The minimum atomic E-state index is -0.677. The maximum absolute atomic E-state index is 13.6. The van der Waals surface area contributed by atoms with Gasteiger partial charge in [0.15, 0.2) is 5.11 Å². The van der Waals surface area contributed by atoms with Crippen molar-refractivity contribution < 1.29 is 8.78 Å². The Morgan fingerprint density at radius 2 is 1.73 bits per heavy atom. The molecule has 0 aromatic heterocycles. The summed E-state index contributed by atoms with van der Waals surface area (Å²) in [6, 6.07) is 9.75. The van der Waals surface area contributed by atoms with Crippen molar-refractivity contribution in [3.63, 3.8) is 0 Å². The molecule has 0 unspecified atom stereocenters. The lowest BCUT2D eigenvalue weighted by atomic mass is 10.0. The topological polar surface area (TPSA) is 24.1 Å². The molecule has 0 bridgehead atoms. The van der Waals surface area contributed by atoms with Crippen LogP contribution in [0, 0.1) is 25.5 Å². The summed E-state index contributed by atoms with van der Waals surface area (Å²) in [7, 11) is 0. The molecule has 0 aliphatic rings. The van der Waals surface area contributed by atoms with E-state index in [2.05, 4.69) is 16.7 Å². The van der Waals surface area contributed by atoms with E-state index in [1.54, 1.807) is 0 Å². The Kier molecular flexibility index (Phi) is 5.08. The molecule has 0 aliphatic heterocycles. The van der Waals surface area contributed by atoms with E-state index in [1.165, 1.54) is 18.2 Å². The zero-order chi connectivity index (χ0) is 16.3. The van der Waals surface area contributed by atoms with E-state index in [1.807, 2.05) is 32.9 Å². The van der Waals surface area contributed by atoms with Gasteiger partial charge in [-0.1, -0.05) is 29.8 Å². The van der Waals surface area contributed by atoms with E-state index in [0.717, 1.165) is 16.7 Å². The summed E-state index contributed by atoms with van der Waals surface area (Å²) in [5.74, 6) is -1.35. The van der Waals surface area contributed by atoms with Crippen molar-refractivity contribution in [2.45, 2.75) is 26.8 Å². The Hall–Kier alpha value is -2.01. The zero-order valence-electron chi connectivity index (χ0n) is 12.7. The van der Waals surface area contributed by atoms with Crippen molar-refractivity contribution in [1.82, 2.24) is 5.32 Å². The van der Waals surface area contributed by atoms with Crippen molar-refractivity contribution in [3.8, 4) is 0 Å². The Balaban J connectivity index is 2.10. The number of rotatable bonds is 3. The molecule has 0 aliphatic carbocycles. The zero-order valence-corrected chi connectivity index (χ0v) is 13.5. The average Bonchev–Trinajstić information content (AvgIpc) is 2.45. The van der Waals surface area contributed by atoms with Crippen molar-refractivity contribution in [1.29, 1.82) is 0 Å². The molecule has 1 atom stereocenters. The molecule has 2 aromatic carbocycles. The van der Waals surface area contributed by atoms with Crippen molar-refractivity contribution in [3.05, 3.63) is 64.7 Å². The van der Waals surface area contributed by atoms with Gasteiger partial charge in [0.25, 0.3) is 0 Å². The minimum absolute atomic E-state index is 0.0743. The highest BCUT2D eigenvalue weighted by molar-refractivity contribution is 7.80. The maximum atomic E-state index is 13.6. The minimum Gasteiger partial charge on any atom is -0.356 e. The quantitative estimate of drug-likeness (QED) is 0.806. The van der Waals surface area contributed by atoms with E-state index in [0.29, 0.717) is 0 Å². The van der Waals surface area contributed by atoms with Crippen molar-refractivity contribution in [2.24, 2.45) is 0 Å². The lowest BCUT2D eigenvalue weighted by molar-refractivity contribution is 0.590. The molecule has 0 radical (unpaired) electrons. The van der Waals surface area contributed by atoms with Gasteiger partial charge in [-0.25, -0.2) is 8.78 Å². The summed E-state index contributed by atoms with van der Waals surface area (Å²) in [6.45, 7) is 5.98. The molecule has 2 aromatic rings. The molecule has 0 saturated carbocycles. The number of nitrogens with one attached hydrogen (secondary N) is 2. The number of anilines is 1. The van der Waals surface area contributed by atoms with Gasteiger partial charge in [-0.2, -0.15) is 0 Å². The standard InChI is InChI=1S/C17H18F2N2S/c1-10-7-8-11(2)13(9-10)12(3)20-17(22)21-16-14(18)5-4-6-15(16)19/h4-9,12H,1-3H3,(H2,20,21,22)/t12-/m0/s1. The van der Waals surface area contributed by atoms with Gasteiger partial charge in [-0.15, -0.1) is 0 Å². The van der Waals surface area contributed by atoms with Gasteiger partial charge in [-0.05, 0) is 56.2 Å². The molecular formula is C17H18F2N2S. The van der Waals surface area contributed by atoms with Gasteiger partial charge in [0.2, 0.25) is 0 Å². The van der Waals surface area contributed by atoms with Crippen LogP contribution in [0.25, 0.3) is 0 Å². The highest BCUT2D eigenvalue weighted by Gasteiger charge is 2.13. The molecule has 2 nitrogen and oxygen atoms in total. The number of benzene rings is 2. The monoisotopic (exact) mass is 320 g/mol. The molecule has 5 heteroatoms. The lowest BCUT2D eigenvalue weighted by Crippen LogP contribution is -2.31. The highest BCUT2D eigenvalue weighted by Crippen LogP contribution is 2.21. The fourth-order valence-electron chi connectivity index (χ4n) is 2.27. The molecule has 22 heavy (non-hydrogen) atoms. The summed E-state index contributed by atoms with van der Waals surface area (Å²) in [5, 5.41) is 5.82. The van der Waals surface area contributed by atoms with Crippen LogP contribution in [0.3, 0.4) is 0 Å². The molecule has 2 rings (SSSR count). The van der Waals surface area contributed by atoms with E-state index in [9.17, 15) is 8.78 Å². The van der Waals surface area contributed by atoms with E-state index < -0.39 is 11.6 Å². The first-order valence-electron chi connectivity index (χ1n) is 6.97. The van der Waals surface area contributed by atoms with Crippen LogP contribution in [-0.2, 0) is 0 Å². The Labute approximate surface area is 134 Å². The number of para-hydroxylation sites is 1. The van der Waals surface area contributed by atoms with Crippen molar-refractivity contribution >= 4 is 23.0 Å². The lowest BCUT2D eigenvalue weighted by Gasteiger charge is -2.20. The average molecular weight is 320 g/mol. The molecule has 0 heterocycles. The van der Waals surface area contributed by atoms with Gasteiger partial charge in [0.1, 0.15) is 17.3 Å². The van der Waals surface area contributed by atoms with Crippen LogP contribution in [0.15, 0.2) is 36.4 Å². The second-order valence-corrected chi connectivity index (χ2v) is 5.69. The fourth-order valence-corrected chi connectivity index (χ4v) is 2.55. The normalized spacial score (nSPS) is 11.9. The summed E-state index contributed by atoms with van der Waals surface area (Å²) < 4.78 is 27.2. The Bertz CT molecular complexity index is 681. The largest absolute Gasteiger partial charge is 0.356 e. The third-order valence-corrected chi connectivity index (χ3v) is 3.67. The SMILES string of the molecule is Cc1ccc(C)c([C@H](C)NC(=S)Nc2c(F)cccc2F)c1. The molecule has 116 valence electrons. The van der Waals surface area contributed by atoms with Gasteiger partial charge in [-0.3, -0.25) is 0 Å². The van der Waals surface area contributed by atoms with Gasteiger partial charge >= 0.3 is 0 Å². The van der Waals surface area contributed by atoms with E-state index >= 15 is 0 Å². The van der Waals surface area contributed by atoms with Gasteiger partial charge < -0.3 is 10.6 Å². The number of halogens is 2. The Morgan fingerprint density at radius 3 is 2.36 bits per heavy atom. The molecule has 0 amide bonds. The van der Waals surface area contributed by atoms with Crippen LogP contribution in [0.1, 0.15) is 29.7 Å². The van der Waals surface area contributed by atoms with Gasteiger partial charge in [0.05, 0.1) is 6.04 Å². The van der Waals surface area contributed by atoms with Crippen LogP contribution < -0.4 is 10.6 Å². The van der Waals surface area contributed by atoms with E-state index in [-0.39, 0.29) is 16.8 Å². The van der Waals surface area contributed by atoms with Crippen molar-refractivity contribution in [2.75, 3.05) is 5.32 Å². The third-order valence-electron chi connectivity index (χ3n) is 3.45. The second-order valence-electron chi connectivity index (χ2n) is 5.28. The maximum Gasteiger partial charge on any atom is 0.171 e. The first kappa shape index (κ1) is 16.4. The van der Waals surface area contributed by atoms with Crippen LogP contribution in [0.4, 0.5) is 14.5 Å². The highest BCUT2D eigenvalue weighted by atomic mass is 32.1. The number of thiocarbonyl (C=S) groups is 1. The van der Waals surface area contributed by atoms with Crippen LogP contribution in [0.2, 0.25) is 0 Å². The van der Waals surface area contributed by atoms with Crippen LogP contribution in [0.5, 0.6) is 0 Å². The molecular weight excluding hydrogens is 302 g/mol. The second kappa shape index (κ2) is 6.83. The first-order valence-corrected chi connectivity index (χ1v) is 7.38. The summed E-state index contributed by atoms with van der Waals surface area (Å²) in [5.41, 5.74) is 3.13. The van der Waals surface area contributed by atoms with Crippen LogP contribution >= 0.6 is 12.2 Å². The van der Waals surface area contributed by atoms with E-state index in [4.69, 9.17) is 12.2 Å².